The van der Waals surface area contributed by atoms with Crippen molar-refractivity contribution in [1.82, 2.24) is 5.43 Å². The highest BCUT2D eigenvalue weighted by molar-refractivity contribution is 5.95. The number of ether oxygens (including phenoxy) is 3. The van der Waals surface area contributed by atoms with Crippen LogP contribution in [0.5, 0.6) is 17.2 Å². The van der Waals surface area contributed by atoms with E-state index in [0.717, 1.165) is 22.6 Å². The van der Waals surface area contributed by atoms with Crippen molar-refractivity contribution in [1.29, 1.82) is 0 Å². The maximum atomic E-state index is 12.2. The minimum atomic E-state index is -0.300. The van der Waals surface area contributed by atoms with Gasteiger partial charge in [-0.05, 0) is 59.7 Å². The van der Waals surface area contributed by atoms with E-state index in [0.29, 0.717) is 17.9 Å². The lowest BCUT2D eigenvalue weighted by atomic mass is 10.2. The van der Waals surface area contributed by atoms with Crippen LogP contribution in [0.4, 0.5) is 0 Å². The zero-order chi connectivity index (χ0) is 20.5. The standard InChI is InChI=1S/C23H22N2O4/c1-27-20-10-6-17(7-11-20)16-29-21-12-8-19(9-13-21)23(26)25-24-15-18-4-3-5-22(14-18)28-2/h3-15H,16H2,1-2H3,(H,25,26)/b24-15+. The van der Waals surface area contributed by atoms with Crippen LogP contribution in [-0.4, -0.2) is 26.3 Å². The van der Waals surface area contributed by atoms with Crippen molar-refractivity contribution in [2.24, 2.45) is 5.10 Å². The number of nitrogens with zero attached hydrogens (tertiary/aromatic N) is 1. The molecular formula is C23H22N2O4. The van der Waals surface area contributed by atoms with Crippen LogP contribution < -0.4 is 19.6 Å². The zero-order valence-electron chi connectivity index (χ0n) is 16.3. The average molecular weight is 390 g/mol. The maximum Gasteiger partial charge on any atom is 0.271 e. The van der Waals surface area contributed by atoms with Crippen molar-refractivity contribution < 1.29 is 19.0 Å². The number of hydrazone groups is 1. The van der Waals surface area contributed by atoms with Gasteiger partial charge in [-0.1, -0.05) is 24.3 Å². The molecule has 0 aromatic heterocycles. The minimum absolute atomic E-state index is 0.300. The molecule has 148 valence electrons. The molecule has 6 nitrogen and oxygen atoms in total. The molecule has 0 fully saturated rings. The Balaban J connectivity index is 1.51. The van der Waals surface area contributed by atoms with E-state index in [1.54, 1.807) is 44.7 Å². The van der Waals surface area contributed by atoms with Gasteiger partial charge in [0.2, 0.25) is 0 Å². The second-order valence-corrected chi connectivity index (χ2v) is 6.14. The summed E-state index contributed by atoms with van der Waals surface area (Å²) in [4.78, 5) is 12.2. The van der Waals surface area contributed by atoms with E-state index in [-0.39, 0.29) is 5.91 Å². The Morgan fingerprint density at radius 3 is 2.28 bits per heavy atom. The van der Waals surface area contributed by atoms with Crippen LogP contribution in [0.2, 0.25) is 0 Å². The molecule has 1 amide bonds. The molecule has 0 aliphatic heterocycles. The van der Waals surface area contributed by atoms with Crippen LogP contribution in [0.3, 0.4) is 0 Å². The molecule has 0 saturated heterocycles. The quantitative estimate of drug-likeness (QED) is 0.465. The maximum absolute atomic E-state index is 12.2. The number of hydrogen-bond donors (Lipinski definition) is 1. The van der Waals surface area contributed by atoms with Crippen LogP contribution in [0.15, 0.2) is 77.9 Å². The first kappa shape index (κ1) is 19.9. The molecule has 0 aliphatic rings. The van der Waals surface area contributed by atoms with E-state index in [9.17, 15) is 4.79 Å². The van der Waals surface area contributed by atoms with E-state index in [4.69, 9.17) is 14.2 Å². The summed E-state index contributed by atoms with van der Waals surface area (Å²) in [6.45, 7) is 0.431. The van der Waals surface area contributed by atoms with Crippen LogP contribution in [0.1, 0.15) is 21.5 Å². The van der Waals surface area contributed by atoms with Gasteiger partial charge in [0.25, 0.3) is 5.91 Å². The van der Waals surface area contributed by atoms with E-state index < -0.39 is 0 Å². The number of carbonyl (C=O) groups excluding carboxylic acids is 1. The lowest BCUT2D eigenvalue weighted by Gasteiger charge is -2.08. The van der Waals surface area contributed by atoms with E-state index in [1.807, 2.05) is 48.5 Å². The van der Waals surface area contributed by atoms with Crippen molar-refractivity contribution >= 4 is 12.1 Å². The van der Waals surface area contributed by atoms with E-state index >= 15 is 0 Å². The predicted octanol–water partition coefficient (Wildman–Crippen LogP) is 4.05. The summed E-state index contributed by atoms with van der Waals surface area (Å²) in [5.41, 5.74) is 4.85. The molecule has 3 aromatic rings. The first-order valence-corrected chi connectivity index (χ1v) is 9.01. The molecule has 0 spiro atoms. The van der Waals surface area contributed by atoms with Gasteiger partial charge in [-0.2, -0.15) is 5.10 Å². The number of rotatable bonds is 8. The fourth-order valence-corrected chi connectivity index (χ4v) is 2.54. The Bertz CT molecular complexity index is 967. The Hall–Kier alpha value is -3.80. The normalized spacial score (nSPS) is 10.6. The molecule has 0 atom stereocenters. The Kier molecular flexibility index (Phi) is 6.84. The van der Waals surface area contributed by atoms with Gasteiger partial charge in [0.1, 0.15) is 23.9 Å². The molecule has 3 aromatic carbocycles. The summed E-state index contributed by atoms with van der Waals surface area (Å²) in [6, 6.07) is 21.9. The van der Waals surface area contributed by atoms with Gasteiger partial charge < -0.3 is 14.2 Å². The molecule has 0 heterocycles. The lowest BCUT2D eigenvalue weighted by Crippen LogP contribution is -2.17. The first-order valence-electron chi connectivity index (χ1n) is 9.01. The van der Waals surface area contributed by atoms with Gasteiger partial charge >= 0.3 is 0 Å². The third kappa shape index (κ3) is 5.84. The van der Waals surface area contributed by atoms with Crippen molar-refractivity contribution in [3.63, 3.8) is 0 Å². The van der Waals surface area contributed by atoms with Crippen LogP contribution >= 0.6 is 0 Å². The van der Waals surface area contributed by atoms with Crippen LogP contribution in [-0.2, 0) is 6.61 Å². The van der Waals surface area contributed by atoms with E-state index in [1.165, 1.54) is 0 Å². The highest BCUT2D eigenvalue weighted by Gasteiger charge is 2.05. The molecule has 3 rings (SSSR count). The SMILES string of the molecule is COc1ccc(COc2ccc(C(=O)N/N=C/c3cccc(OC)c3)cc2)cc1. The summed E-state index contributed by atoms with van der Waals surface area (Å²) < 4.78 is 16.0. The number of hydrogen-bond acceptors (Lipinski definition) is 5. The summed E-state index contributed by atoms with van der Waals surface area (Å²) in [5.74, 6) is 1.91. The lowest BCUT2D eigenvalue weighted by molar-refractivity contribution is 0.0955. The molecular weight excluding hydrogens is 368 g/mol. The van der Waals surface area contributed by atoms with Gasteiger partial charge in [-0.15, -0.1) is 0 Å². The number of amides is 1. The van der Waals surface area contributed by atoms with Gasteiger partial charge in [0.15, 0.2) is 0 Å². The van der Waals surface area contributed by atoms with Gasteiger partial charge in [-0.3, -0.25) is 4.79 Å². The topological polar surface area (TPSA) is 69.2 Å². The van der Waals surface area contributed by atoms with Gasteiger partial charge in [0, 0.05) is 5.56 Å². The number of methoxy groups -OCH3 is 2. The molecule has 0 bridgehead atoms. The smallest absolute Gasteiger partial charge is 0.271 e. The monoisotopic (exact) mass is 390 g/mol. The summed E-state index contributed by atoms with van der Waals surface area (Å²) in [6.07, 6.45) is 1.56. The van der Waals surface area contributed by atoms with Crippen LogP contribution in [0, 0.1) is 0 Å². The Labute approximate surface area is 169 Å². The number of benzene rings is 3. The van der Waals surface area contributed by atoms with Crippen molar-refractivity contribution in [3.05, 3.63) is 89.5 Å². The van der Waals surface area contributed by atoms with Crippen molar-refractivity contribution in [2.75, 3.05) is 14.2 Å². The summed E-state index contributed by atoms with van der Waals surface area (Å²) >= 11 is 0. The Morgan fingerprint density at radius 1 is 0.897 bits per heavy atom. The average Bonchev–Trinajstić information content (AvgIpc) is 2.78. The fraction of sp³-hybridized carbons (Fsp3) is 0.130. The highest BCUT2D eigenvalue weighted by atomic mass is 16.5. The summed E-state index contributed by atoms with van der Waals surface area (Å²) in [7, 11) is 3.23. The number of carbonyl (C=O) groups is 1. The van der Waals surface area contributed by atoms with Crippen molar-refractivity contribution in [2.45, 2.75) is 6.61 Å². The molecule has 0 unspecified atom stereocenters. The Morgan fingerprint density at radius 2 is 1.59 bits per heavy atom. The second-order valence-electron chi connectivity index (χ2n) is 6.14. The third-order valence-electron chi connectivity index (χ3n) is 4.15. The molecule has 6 heteroatoms. The predicted molar refractivity (Wildman–Crippen MR) is 112 cm³/mol. The van der Waals surface area contributed by atoms with Gasteiger partial charge in [-0.25, -0.2) is 5.43 Å². The molecule has 0 radical (unpaired) electrons. The van der Waals surface area contributed by atoms with Gasteiger partial charge in [0.05, 0.1) is 20.4 Å². The molecule has 0 aliphatic carbocycles. The number of nitrogens with one attached hydrogen (secondary N) is 1. The first-order chi connectivity index (χ1) is 14.2. The van der Waals surface area contributed by atoms with Crippen LogP contribution in [0.25, 0.3) is 0 Å². The van der Waals surface area contributed by atoms with Crippen molar-refractivity contribution in [3.8, 4) is 17.2 Å². The molecule has 29 heavy (non-hydrogen) atoms. The molecule has 1 N–H and O–H groups in total. The summed E-state index contributed by atoms with van der Waals surface area (Å²) in [5, 5.41) is 3.98. The molecule has 0 saturated carbocycles. The third-order valence-corrected chi connectivity index (χ3v) is 4.15. The second kappa shape index (κ2) is 9.94. The van der Waals surface area contributed by atoms with E-state index in [2.05, 4.69) is 10.5 Å². The highest BCUT2D eigenvalue weighted by Crippen LogP contribution is 2.16. The zero-order valence-corrected chi connectivity index (χ0v) is 16.3. The largest absolute Gasteiger partial charge is 0.497 e. The fourth-order valence-electron chi connectivity index (χ4n) is 2.54. The minimum Gasteiger partial charge on any atom is -0.497 e.